The highest BCUT2D eigenvalue weighted by atomic mass is 35.5. The van der Waals surface area contributed by atoms with Crippen LogP contribution in [0.1, 0.15) is 45.1 Å². The van der Waals surface area contributed by atoms with Gasteiger partial charge in [0, 0.05) is 12.2 Å². The van der Waals surface area contributed by atoms with Gasteiger partial charge in [0.25, 0.3) is 0 Å². The SMILES string of the molecule is CCN(CC)Cc1cccc(NC(=O)C2(N)CCCC2)c1.Cl.Cl. The molecule has 0 aromatic heterocycles. The minimum absolute atomic E-state index is 0. The quantitative estimate of drug-likeness (QED) is 0.813. The largest absolute Gasteiger partial charge is 0.324 e. The molecule has 1 amide bonds. The highest BCUT2D eigenvalue weighted by molar-refractivity contribution is 5.98. The Morgan fingerprint density at radius 2 is 1.83 bits per heavy atom. The van der Waals surface area contributed by atoms with E-state index in [1.165, 1.54) is 5.56 Å². The number of carbonyl (C=O) groups excluding carboxylic acids is 1. The van der Waals surface area contributed by atoms with E-state index in [4.69, 9.17) is 5.73 Å². The van der Waals surface area contributed by atoms with E-state index in [1.807, 2.05) is 12.1 Å². The molecular formula is C17H29Cl2N3O. The number of halogens is 2. The third kappa shape index (κ3) is 5.96. The molecule has 1 saturated carbocycles. The summed E-state index contributed by atoms with van der Waals surface area (Å²) in [4.78, 5) is 14.7. The summed E-state index contributed by atoms with van der Waals surface area (Å²) in [6, 6.07) is 8.07. The lowest BCUT2D eigenvalue weighted by atomic mass is 9.98. The Labute approximate surface area is 152 Å². The van der Waals surface area contributed by atoms with Crippen LogP contribution in [0.4, 0.5) is 5.69 Å². The van der Waals surface area contributed by atoms with Crippen molar-refractivity contribution in [2.45, 2.75) is 51.6 Å². The van der Waals surface area contributed by atoms with Crippen molar-refractivity contribution in [3.63, 3.8) is 0 Å². The van der Waals surface area contributed by atoms with E-state index in [2.05, 4.69) is 36.2 Å². The van der Waals surface area contributed by atoms with Crippen LogP contribution in [-0.2, 0) is 11.3 Å². The number of benzene rings is 1. The number of hydrogen-bond donors (Lipinski definition) is 2. The molecule has 0 unspecified atom stereocenters. The average molecular weight is 362 g/mol. The van der Waals surface area contributed by atoms with Gasteiger partial charge in [-0.15, -0.1) is 24.8 Å². The summed E-state index contributed by atoms with van der Waals surface area (Å²) in [5, 5.41) is 2.99. The van der Waals surface area contributed by atoms with Gasteiger partial charge in [0.05, 0.1) is 5.54 Å². The normalized spacial score (nSPS) is 15.7. The summed E-state index contributed by atoms with van der Waals surface area (Å²) >= 11 is 0. The summed E-state index contributed by atoms with van der Waals surface area (Å²) < 4.78 is 0. The molecule has 0 saturated heterocycles. The lowest BCUT2D eigenvalue weighted by Gasteiger charge is -2.23. The summed E-state index contributed by atoms with van der Waals surface area (Å²) in [6.45, 7) is 7.28. The summed E-state index contributed by atoms with van der Waals surface area (Å²) in [6.07, 6.45) is 3.67. The van der Waals surface area contributed by atoms with E-state index >= 15 is 0 Å². The summed E-state index contributed by atoms with van der Waals surface area (Å²) in [5.74, 6) is -0.0417. The Hall–Kier alpha value is -0.810. The lowest BCUT2D eigenvalue weighted by Crippen LogP contribution is -2.48. The van der Waals surface area contributed by atoms with Gasteiger partial charge in [0.15, 0.2) is 0 Å². The predicted octanol–water partition coefficient (Wildman–Crippen LogP) is 3.58. The number of anilines is 1. The zero-order valence-corrected chi connectivity index (χ0v) is 15.6. The van der Waals surface area contributed by atoms with Crippen LogP contribution in [0.25, 0.3) is 0 Å². The molecular weight excluding hydrogens is 333 g/mol. The first kappa shape index (κ1) is 22.2. The first-order valence-corrected chi connectivity index (χ1v) is 7.99. The smallest absolute Gasteiger partial charge is 0.244 e. The fourth-order valence-corrected chi connectivity index (χ4v) is 2.94. The summed E-state index contributed by atoms with van der Waals surface area (Å²) in [5.41, 5.74) is 7.59. The molecule has 0 atom stereocenters. The highest BCUT2D eigenvalue weighted by Crippen LogP contribution is 2.28. The van der Waals surface area contributed by atoms with Crippen LogP contribution in [0.5, 0.6) is 0 Å². The molecule has 0 aliphatic heterocycles. The zero-order valence-electron chi connectivity index (χ0n) is 14.0. The highest BCUT2D eigenvalue weighted by Gasteiger charge is 2.36. The molecule has 0 spiro atoms. The Morgan fingerprint density at radius 1 is 1.22 bits per heavy atom. The molecule has 0 heterocycles. The molecule has 1 fully saturated rings. The fraction of sp³-hybridized carbons (Fsp3) is 0.588. The molecule has 0 bridgehead atoms. The van der Waals surface area contributed by atoms with Crippen molar-refractivity contribution in [2.24, 2.45) is 5.73 Å². The van der Waals surface area contributed by atoms with Gasteiger partial charge in [-0.05, 0) is 43.6 Å². The Bertz CT molecular complexity index is 486. The van der Waals surface area contributed by atoms with Crippen LogP contribution in [0.3, 0.4) is 0 Å². The van der Waals surface area contributed by atoms with Crippen molar-refractivity contribution < 1.29 is 4.79 Å². The third-order valence-corrected chi connectivity index (χ3v) is 4.43. The predicted molar refractivity (Wildman–Crippen MR) is 102 cm³/mol. The standard InChI is InChI=1S/C17H27N3O.2ClH/c1-3-20(4-2)13-14-8-7-9-15(12-14)19-16(21)17(18)10-5-6-11-17;;/h7-9,12H,3-6,10-11,13,18H2,1-2H3,(H,19,21);2*1H. The van der Waals surface area contributed by atoms with Crippen LogP contribution in [0, 0.1) is 0 Å². The van der Waals surface area contributed by atoms with Gasteiger partial charge in [-0.2, -0.15) is 0 Å². The minimum Gasteiger partial charge on any atom is -0.324 e. The van der Waals surface area contributed by atoms with Crippen molar-refractivity contribution in [2.75, 3.05) is 18.4 Å². The first-order valence-electron chi connectivity index (χ1n) is 7.99. The van der Waals surface area contributed by atoms with Crippen LogP contribution in [-0.4, -0.2) is 29.4 Å². The average Bonchev–Trinajstić information content (AvgIpc) is 2.93. The van der Waals surface area contributed by atoms with Gasteiger partial charge in [-0.1, -0.05) is 38.8 Å². The van der Waals surface area contributed by atoms with Crippen LogP contribution < -0.4 is 11.1 Å². The van der Waals surface area contributed by atoms with Crippen LogP contribution in [0.15, 0.2) is 24.3 Å². The molecule has 4 nitrogen and oxygen atoms in total. The molecule has 23 heavy (non-hydrogen) atoms. The second-order valence-corrected chi connectivity index (χ2v) is 5.98. The van der Waals surface area contributed by atoms with E-state index in [1.54, 1.807) is 0 Å². The van der Waals surface area contributed by atoms with E-state index in [0.717, 1.165) is 51.0 Å². The van der Waals surface area contributed by atoms with Crippen molar-refractivity contribution >= 4 is 36.4 Å². The van der Waals surface area contributed by atoms with Gasteiger partial charge >= 0.3 is 0 Å². The number of hydrogen-bond acceptors (Lipinski definition) is 3. The molecule has 132 valence electrons. The molecule has 1 aliphatic carbocycles. The molecule has 1 aliphatic rings. The molecule has 1 aromatic rings. The van der Waals surface area contributed by atoms with E-state index < -0.39 is 5.54 Å². The maximum absolute atomic E-state index is 12.3. The number of nitrogens with zero attached hydrogens (tertiary/aromatic N) is 1. The van der Waals surface area contributed by atoms with Crippen LogP contribution >= 0.6 is 24.8 Å². The maximum Gasteiger partial charge on any atom is 0.244 e. The Kier molecular flexibility index (Phi) is 9.78. The third-order valence-electron chi connectivity index (χ3n) is 4.43. The molecule has 3 N–H and O–H groups in total. The number of nitrogens with two attached hydrogens (primary N) is 1. The number of carbonyl (C=O) groups is 1. The second kappa shape index (κ2) is 10.1. The summed E-state index contributed by atoms with van der Waals surface area (Å²) in [7, 11) is 0. The minimum atomic E-state index is -0.672. The lowest BCUT2D eigenvalue weighted by molar-refractivity contribution is -0.121. The molecule has 2 rings (SSSR count). The van der Waals surface area contributed by atoms with Gasteiger partial charge in [0.1, 0.15) is 0 Å². The van der Waals surface area contributed by atoms with Gasteiger partial charge in [-0.25, -0.2) is 0 Å². The van der Waals surface area contributed by atoms with E-state index in [-0.39, 0.29) is 30.7 Å². The molecule has 6 heteroatoms. The Morgan fingerprint density at radius 3 is 2.39 bits per heavy atom. The number of amides is 1. The van der Waals surface area contributed by atoms with Crippen molar-refractivity contribution in [3.05, 3.63) is 29.8 Å². The fourth-order valence-electron chi connectivity index (χ4n) is 2.94. The monoisotopic (exact) mass is 361 g/mol. The number of rotatable bonds is 6. The van der Waals surface area contributed by atoms with Crippen molar-refractivity contribution in [1.29, 1.82) is 0 Å². The molecule has 1 aromatic carbocycles. The van der Waals surface area contributed by atoms with E-state index in [0.29, 0.717) is 0 Å². The maximum atomic E-state index is 12.3. The van der Waals surface area contributed by atoms with Crippen molar-refractivity contribution in [1.82, 2.24) is 4.90 Å². The van der Waals surface area contributed by atoms with Gasteiger partial charge in [-0.3, -0.25) is 9.69 Å². The first-order chi connectivity index (χ1) is 10.1. The van der Waals surface area contributed by atoms with Crippen LogP contribution in [0.2, 0.25) is 0 Å². The van der Waals surface area contributed by atoms with Gasteiger partial charge in [0.2, 0.25) is 5.91 Å². The topological polar surface area (TPSA) is 58.4 Å². The zero-order chi connectivity index (χ0) is 15.3. The molecule has 0 radical (unpaired) electrons. The second-order valence-electron chi connectivity index (χ2n) is 5.98. The number of nitrogens with one attached hydrogen (secondary N) is 1. The van der Waals surface area contributed by atoms with E-state index in [9.17, 15) is 4.79 Å². The Balaban J connectivity index is 0.00000242. The van der Waals surface area contributed by atoms with Crippen molar-refractivity contribution in [3.8, 4) is 0 Å². The van der Waals surface area contributed by atoms with Gasteiger partial charge < -0.3 is 11.1 Å².